The number of hydrogen-bond donors (Lipinski definition) is 1. The molecular formula is C5H10ClNO. The smallest absolute Gasteiger partial charge is 0.0513 e. The van der Waals surface area contributed by atoms with E-state index in [1.807, 2.05) is 0 Å². The van der Waals surface area contributed by atoms with Crippen molar-refractivity contribution in [3.63, 3.8) is 0 Å². The lowest BCUT2D eigenvalue weighted by Gasteiger charge is -1.93. The highest BCUT2D eigenvalue weighted by Crippen LogP contribution is 2.41. The van der Waals surface area contributed by atoms with Crippen molar-refractivity contribution in [1.29, 1.82) is 0 Å². The van der Waals surface area contributed by atoms with Crippen molar-refractivity contribution in [1.82, 2.24) is 0 Å². The summed E-state index contributed by atoms with van der Waals surface area (Å²) in [5.74, 6) is 1.47. The summed E-state index contributed by atoms with van der Waals surface area (Å²) in [4.78, 5) is 0. The molecule has 0 radical (unpaired) electrons. The van der Waals surface area contributed by atoms with Crippen LogP contribution in [0, 0.1) is 11.8 Å². The molecule has 0 amide bonds. The van der Waals surface area contributed by atoms with Crippen LogP contribution in [0.4, 0.5) is 0 Å². The van der Waals surface area contributed by atoms with Crippen molar-refractivity contribution in [2.24, 2.45) is 17.6 Å². The zero-order valence-corrected chi connectivity index (χ0v) is 5.36. The van der Waals surface area contributed by atoms with Crippen molar-refractivity contribution in [3.05, 3.63) is 0 Å². The summed E-state index contributed by atoms with van der Waals surface area (Å²) in [6.07, 6.45) is 0. The third-order valence-electron chi connectivity index (χ3n) is 2.02. The Morgan fingerprint density at radius 2 is 1.75 bits per heavy atom. The minimum atomic E-state index is 0. The Balaban J connectivity index is 0.000000320. The first kappa shape index (κ1) is 6.33. The van der Waals surface area contributed by atoms with Gasteiger partial charge in [0.05, 0.1) is 13.2 Å². The van der Waals surface area contributed by atoms with Crippen LogP contribution in [0.1, 0.15) is 0 Å². The largest absolute Gasteiger partial charge is 0.381 e. The maximum atomic E-state index is 5.59. The molecule has 0 aromatic rings. The molecule has 0 unspecified atom stereocenters. The maximum absolute atomic E-state index is 5.59. The van der Waals surface area contributed by atoms with Crippen molar-refractivity contribution in [2.75, 3.05) is 13.2 Å². The fourth-order valence-electron chi connectivity index (χ4n) is 1.28. The Morgan fingerprint density at radius 3 is 2.00 bits per heavy atom. The Hall–Kier alpha value is 0.210. The fourth-order valence-corrected chi connectivity index (χ4v) is 1.28. The predicted octanol–water partition coefficient (Wildman–Crippen LogP) is 0.0117. The van der Waals surface area contributed by atoms with E-state index in [0.717, 1.165) is 25.0 Å². The second kappa shape index (κ2) is 1.87. The Morgan fingerprint density at radius 1 is 1.25 bits per heavy atom. The number of ether oxygens (including phenoxy) is 1. The van der Waals surface area contributed by atoms with Gasteiger partial charge in [-0.2, -0.15) is 0 Å². The van der Waals surface area contributed by atoms with Crippen molar-refractivity contribution >= 4 is 12.4 Å². The first-order valence-corrected chi connectivity index (χ1v) is 2.73. The zero-order chi connectivity index (χ0) is 4.85. The highest BCUT2D eigenvalue weighted by atomic mass is 35.5. The lowest BCUT2D eigenvalue weighted by Crippen LogP contribution is -2.11. The number of fused-ring (bicyclic) bond motifs is 1. The summed E-state index contributed by atoms with van der Waals surface area (Å²) in [5.41, 5.74) is 5.59. The van der Waals surface area contributed by atoms with Gasteiger partial charge in [-0.05, 0) is 0 Å². The van der Waals surface area contributed by atoms with Crippen LogP contribution < -0.4 is 5.73 Å². The average Bonchev–Trinajstić information content (AvgIpc) is 2.26. The molecule has 1 aliphatic carbocycles. The SMILES string of the molecule is Cl.N[C@H]1[C@H]2COC[C@@H]12. The third kappa shape index (κ3) is 0.642. The van der Waals surface area contributed by atoms with Crippen LogP contribution in [0.2, 0.25) is 0 Å². The highest BCUT2D eigenvalue weighted by molar-refractivity contribution is 5.85. The summed E-state index contributed by atoms with van der Waals surface area (Å²) >= 11 is 0. The van der Waals surface area contributed by atoms with Gasteiger partial charge in [-0.25, -0.2) is 0 Å². The minimum Gasteiger partial charge on any atom is -0.381 e. The molecule has 3 heteroatoms. The molecule has 1 saturated heterocycles. The highest BCUT2D eigenvalue weighted by Gasteiger charge is 2.51. The molecule has 2 fully saturated rings. The van der Waals surface area contributed by atoms with Gasteiger partial charge in [0, 0.05) is 17.9 Å². The van der Waals surface area contributed by atoms with Gasteiger partial charge in [0.1, 0.15) is 0 Å². The van der Waals surface area contributed by atoms with Gasteiger partial charge >= 0.3 is 0 Å². The summed E-state index contributed by atoms with van der Waals surface area (Å²) < 4.78 is 5.10. The summed E-state index contributed by atoms with van der Waals surface area (Å²) in [6.45, 7) is 1.84. The molecule has 2 aliphatic rings. The number of nitrogens with two attached hydrogens (primary N) is 1. The van der Waals surface area contributed by atoms with Crippen molar-refractivity contribution < 1.29 is 4.74 Å². The number of hydrogen-bond acceptors (Lipinski definition) is 2. The van der Waals surface area contributed by atoms with Gasteiger partial charge in [-0.3, -0.25) is 0 Å². The number of rotatable bonds is 0. The molecule has 0 aromatic carbocycles. The van der Waals surface area contributed by atoms with Crippen LogP contribution in [0.5, 0.6) is 0 Å². The second-order valence-corrected chi connectivity index (χ2v) is 2.44. The quantitative estimate of drug-likeness (QED) is 0.508. The van der Waals surface area contributed by atoms with E-state index in [9.17, 15) is 0 Å². The average molecular weight is 136 g/mol. The summed E-state index contributed by atoms with van der Waals surface area (Å²) in [6, 6.07) is 0.494. The van der Waals surface area contributed by atoms with Crippen LogP contribution in [0.3, 0.4) is 0 Å². The third-order valence-corrected chi connectivity index (χ3v) is 2.02. The molecule has 3 atom stereocenters. The molecule has 0 aromatic heterocycles. The second-order valence-electron chi connectivity index (χ2n) is 2.44. The van der Waals surface area contributed by atoms with E-state index in [2.05, 4.69) is 0 Å². The van der Waals surface area contributed by atoms with E-state index >= 15 is 0 Å². The lowest BCUT2D eigenvalue weighted by molar-refractivity contribution is 0.160. The van der Waals surface area contributed by atoms with Gasteiger partial charge in [0.15, 0.2) is 0 Å². The summed E-state index contributed by atoms with van der Waals surface area (Å²) in [5, 5.41) is 0. The minimum absolute atomic E-state index is 0. The molecule has 1 saturated carbocycles. The first-order valence-electron chi connectivity index (χ1n) is 2.73. The molecule has 0 spiro atoms. The molecule has 0 bridgehead atoms. The molecular weight excluding hydrogens is 126 g/mol. The number of halogens is 1. The summed E-state index contributed by atoms with van der Waals surface area (Å²) in [7, 11) is 0. The van der Waals surface area contributed by atoms with E-state index in [-0.39, 0.29) is 12.4 Å². The normalized spacial score (nSPS) is 49.9. The van der Waals surface area contributed by atoms with Gasteiger partial charge in [0.2, 0.25) is 0 Å². The fraction of sp³-hybridized carbons (Fsp3) is 1.00. The van der Waals surface area contributed by atoms with Gasteiger partial charge < -0.3 is 10.5 Å². The van der Waals surface area contributed by atoms with E-state index in [1.165, 1.54) is 0 Å². The van der Waals surface area contributed by atoms with E-state index < -0.39 is 0 Å². The monoisotopic (exact) mass is 135 g/mol. The van der Waals surface area contributed by atoms with E-state index in [0.29, 0.717) is 6.04 Å². The molecule has 1 heterocycles. The topological polar surface area (TPSA) is 35.2 Å². The predicted molar refractivity (Wildman–Crippen MR) is 33.0 cm³/mol. The standard InChI is InChI=1S/C5H9NO.ClH/c6-5-3-1-7-2-4(3)5;/h3-5H,1-2,6H2;1H/t3-,4+,5-;. The molecule has 8 heavy (non-hydrogen) atoms. The Bertz CT molecular complexity index is 88.4. The first-order chi connectivity index (χ1) is 3.39. The Kier molecular flexibility index (Phi) is 1.48. The van der Waals surface area contributed by atoms with Crippen LogP contribution in [0.25, 0.3) is 0 Å². The van der Waals surface area contributed by atoms with E-state index in [4.69, 9.17) is 10.5 Å². The molecule has 2 rings (SSSR count). The zero-order valence-electron chi connectivity index (χ0n) is 4.54. The van der Waals surface area contributed by atoms with Gasteiger partial charge in [-0.1, -0.05) is 0 Å². The molecule has 2 nitrogen and oxygen atoms in total. The van der Waals surface area contributed by atoms with Crippen LogP contribution in [0.15, 0.2) is 0 Å². The van der Waals surface area contributed by atoms with E-state index in [1.54, 1.807) is 0 Å². The molecule has 2 N–H and O–H groups in total. The van der Waals surface area contributed by atoms with Crippen molar-refractivity contribution in [2.45, 2.75) is 6.04 Å². The molecule has 1 aliphatic heterocycles. The Labute approximate surface area is 54.8 Å². The van der Waals surface area contributed by atoms with Crippen LogP contribution >= 0.6 is 12.4 Å². The van der Waals surface area contributed by atoms with Crippen LogP contribution in [-0.4, -0.2) is 19.3 Å². The van der Waals surface area contributed by atoms with Crippen molar-refractivity contribution in [3.8, 4) is 0 Å². The lowest BCUT2D eigenvalue weighted by atomic mass is 10.4. The maximum Gasteiger partial charge on any atom is 0.0513 e. The van der Waals surface area contributed by atoms with Crippen LogP contribution in [-0.2, 0) is 4.74 Å². The van der Waals surface area contributed by atoms with Gasteiger partial charge in [-0.15, -0.1) is 12.4 Å². The molecule has 48 valence electrons. The van der Waals surface area contributed by atoms with Gasteiger partial charge in [0.25, 0.3) is 0 Å².